The van der Waals surface area contributed by atoms with Crippen LogP contribution in [0.1, 0.15) is 11.1 Å². The van der Waals surface area contributed by atoms with E-state index in [4.69, 9.17) is 14.2 Å². The Morgan fingerprint density at radius 1 is 0.963 bits per heavy atom. The van der Waals surface area contributed by atoms with Gasteiger partial charge in [0.1, 0.15) is 12.4 Å². The summed E-state index contributed by atoms with van der Waals surface area (Å²) in [6.07, 6.45) is 0. The first-order chi connectivity index (χ1) is 12.7. The Kier molecular flexibility index (Phi) is 10.4. The topological polar surface area (TPSA) is 64.1 Å². The molecule has 0 aliphatic heterocycles. The monoisotopic (exact) mass is 485 g/mol. The van der Waals surface area contributed by atoms with Crippen molar-refractivity contribution in [3.63, 3.8) is 0 Å². The summed E-state index contributed by atoms with van der Waals surface area (Å²) >= 11 is 0. The van der Waals surface area contributed by atoms with E-state index in [-0.39, 0.29) is 24.0 Å². The van der Waals surface area contributed by atoms with Gasteiger partial charge in [-0.15, -0.1) is 24.0 Å². The SMILES string of the molecule is CN=C(NCCOc1ccc(C)cc1)NCc1ccc(OC)c(OC)c1.I. The lowest BCUT2D eigenvalue weighted by Gasteiger charge is -2.14. The van der Waals surface area contributed by atoms with Crippen LogP contribution in [0.4, 0.5) is 0 Å². The number of benzene rings is 2. The van der Waals surface area contributed by atoms with Crippen LogP contribution >= 0.6 is 24.0 Å². The Morgan fingerprint density at radius 2 is 1.67 bits per heavy atom. The Morgan fingerprint density at radius 3 is 2.30 bits per heavy atom. The van der Waals surface area contributed by atoms with Crippen LogP contribution in [0, 0.1) is 6.92 Å². The van der Waals surface area contributed by atoms with E-state index in [1.807, 2.05) is 42.5 Å². The van der Waals surface area contributed by atoms with Gasteiger partial charge in [0, 0.05) is 13.6 Å². The number of methoxy groups -OCH3 is 2. The first-order valence-electron chi connectivity index (χ1n) is 8.51. The fourth-order valence-corrected chi connectivity index (χ4v) is 2.37. The minimum Gasteiger partial charge on any atom is -0.493 e. The molecule has 2 N–H and O–H groups in total. The first kappa shape index (κ1) is 22.9. The molecule has 0 aliphatic carbocycles. The largest absolute Gasteiger partial charge is 0.493 e. The van der Waals surface area contributed by atoms with E-state index in [1.54, 1.807) is 21.3 Å². The molecule has 0 amide bonds. The molecular formula is C20H28IN3O3. The third-order valence-corrected chi connectivity index (χ3v) is 3.82. The standard InChI is InChI=1S/C20H27N3O3.HI/c1-15-5-8-17(9-6-15)26-12-11-22-20(21-2)23-14-16-7-10-18(24-3)19(13-16)25-4;/h5-10,13H,11-12,14H2,1-4H3,(H2,21,22,23);1H. The zero-order chi connectivity index (χ0) is 18.8. The van der Waals surface area contributed by atoms with Gasteiger partial charge in [0.05, 0.1) is 20.8 Å². The predicted molar refractivity (Wildman–Crippen MR) is 120 cm³/mol. The number of ether oxygens (including phenoxy) is 3. The molecule has 0 saturated heterocycles. The van der Waals surface area contributed by atoms with Crippen LogP contribution < -0.4 is 24.8 Å². The van der Waals surface area contributed by atoms with Gasteiger partial charge in [-0.25, -0.2) is 0 Å². The summed E-state index contributed by atoms with van der Waals surface area (Å²) < 4.78 is 16.3. The van der Waals surface area contributed by atoms with Gasteiger partial charge in [0.15, 0.2) is 17.5 Å². The van der Waals surface area contributed by atoms with Crippen molar-refractivity contribution in [2.75, 3.05) is 34.4 Å². The highest BCUT2D eigenvalue weighted by atomic mass is 127. The third kappa shape index (κ3) is 7.54. The van der Waals surface area contributed by atoms with Crippen LogP contribution in [0.3, 0.4) is 0 Å². The number of aryl methyl sites for hydroxylation is 1. The van der Waals surface area contributed by atoms with E-state index >= 15 is 0 Å². The fourth-order valence-electron chi connectivity index (χ4n) is 2.37. The van der Waals surface area contributed by atoms with Gasteiger partial charge in [-0.05, 0) is 36.8 Å². The average molecular weight is 485 g/mol. The number of aliphatic imine (C=N–C) groups is 1. The molecule has 0 aromatic heterocycles. The van der Waals surface area contributed by atoms with E-state index in [0.29, 0.717) is 37.2 Å². The summed E-state index contributed by atoms with van der Waals surface area (Å²) in [6.45, 7) is 3.89. The lowest BCUT2D eigenvalue weighted by Crippen LogP contribution is -2.38. The normalized spacial score (nSPS) is 10.6. The zero-order valence-corrected chi connectivity index (χ0v) is 18.6. The smallest absolute Gasteiger partial charge is 0.191 e. The van der Waals surface area contributed by atoms with Crippen molar-refractivity contribution >= 4 is 29.9 Å². The maximum Gasteiger partial charge on any atom is 0.191 e. The Hall–Kier alpha value is -2.16. The molecule has 0 aliphatic rings. The minimum absolute atomic E-state index is 0. The summed E-state index contributed by atoms with van der Waals surface area (Å²) in [5.74, 6) is 3.01. The summed E-state index contributed by atoms with van der Waals surface area (Å²) in [6, 6.07) is 13.8. The van der Waals surface area contributed by atoms with Crippen molar-refractivity contribution in [3.8, 4) is 17.2 Å². The molecule has 6 nitrogen and oxygen atoms in total. The van der Waals surface area contributed by atoms with Crippen molar-refractivity contribution in [3.05, 3.63) is 53.6 Å². The molecule has 0 bridgehead atoms. The van der Waals surface area contributed by atoms with E-state index in [0.717, 1.165) is 11.3 Å². The van der Waals surface area contributed by atoms with Gasteiger partial charge in [0.25, 0.3) is 0 Å². The molecule has 0 heterocycles. The van der Waals surface area contributed by atoms with E-state index in [9.17, 15) is 0 Å². The van der Waals surface area contributed by atoms with Crippen molar-refractivity contribution in [2.24, 2.45) is 4.99 Å². The maximum absolute atomic E-state index is 5.70. The Labute approximate surface area is 178 Å². The van der Waals surface area contributed by atoms with E-state index < -0.39 is 0 Å². The third-order valence-electron chi connectivity index (χ3n) is 3.82. The molecule has 148 valence electrons. The lowest BCUT2D eigenvalue weighted by molar-refractivity contribution is 0.322. The summed E-state index contributed by atoms with van der Waals surface area (Å²) in [5, 5.41) is 6.50. The molecular weight excluding hydrogens is 457 g/mol. The van der Waals surface area contributed by atoms with Crippen molar-refractivity contribution in [1.29, 1.82) is 0 Å². The van der Waals surface area contributed by atoms with Gasteiger partial charge in [0.2, 0.25) is 0 Å². The van der Waals surface area contributed by atoms with Crippen LogP contribution in [-0.2, 0) is 6.54 Å². The Balaban J connectivity index is 0.00000364. The summed E-state index contributed by atoms with van der Waals surface area (Å²) in [5.41, 5.74) is 2.29. The quantitative estimate of drug-likeness (QED) is 0.260. The fraction of sp³-hybridized carbons (Fsp3) is 0.350. The van der Waals surface area contributed by atoms with E-state index in [2.05, 4.69) is 22.5 Å². The highest BCUT2D eigenvalue weighted by Crippen LogP contribution is 2.27. The van der Waals surface area contributed by atoms with Crippen LogP contribution in [0.5, 0.6) is 17.2 Å². The summed E-state index contributed by atoms with van der Waals surface area (Å²) in [7, 11) is 4.99. The molecule has 2 rings (SSSR count). The molecule has 0 spiro atoms. The molecule has 27 heavy (non-hydrogen) atoms. The molecule has 7 heteroatoms. The second-order valence-corrected chi connectivity index (χ2v) is 5.70. The highest BCUT2D eigenvalue weighted by molar-refractivity contribution is 14.0. The number of nitrogens with zero attached hydrogens (tertiary/aromatic N) is 1. The molecule has 0 radical (unpaired) electrons. The molecule has 0 fully saturated rings. The first-order valence-corrected chi connectivity index (χ1v) is 8.51. The van der Waals surface area contributed by atoms with E-state index in [1.165, 1.54) is 5.56 Å². The number of hydrogen-bond donors (Lipinski definition) is 2. The van der Waals surface area contributed by atoms with Gasteiger partial charge in [-0.1, -0.05) is 23.8 Å². The predicted octanol–water partition coefficient (Wildman–Crippen LogP) is 3.37. The van der Waals surface area contributed by atoms with Gasteiger partial charge in [-0.3, -0.25) is 4.99 Å². The second-order valence-electron chi connectivity index (χ2n) is 5.70. The van der Waals surface area contributed by atoms with Gasteiger partial charge in [-0.2, -0.15) is 0 Å². The molecule has 0 atom stereocenters. The molecule has 2 aromatic rings. The van der Waals surface area contributed by atoms with Gasteiger partial charge < -0.3 is 24.8 Å². The number of guanidine groups is 1. The average Bonchev–Trinajstić information content (AvgIpc) is 2.68. The molecule has 0 saturated carbocycles. The van der Waals surface area contributed by atoms with Crippen molar-refractivity contribution < 1.29 is 14.2 Å². The summed E-state index contributed by atoms with van der Waals surface area (Å²) in [4.78, 5) is 4.22. The minimum atomic E-state index is 0. The van der Waals surface area contributed by atoms with Crippen LogP contribution in [0.15, 0.2) is 47.5 Å². The van der Waals surface area contributed by atoms with Crippen LogP contribution in [0.25, 0.3) is 0 Å². The Bertz CT molecular complexity index is 721. The number of halogens is 1. The number of rotatable bonds is 8. The zero-order valence-electron chi connectivity index (χ0n) is 16.2. The maximum atomic E-state index is 5.70. The number of nitrogens with one attached hydrogen (secondary N) is 2. The number of hydrogen-bond acceptors (Lipinski definition) is 4. The lowest BCUT2D eigenvalue weighted by atomic mass is 10.2. The van der Waals surface area contributed by atoms with Gasteiger partial charge >= 0.3 is 0 Å². The van der Waals surface area contributed by atoms with Crippen LogP contribution in [0.2, 0.25) is 0 Å². The van der Waals surface area contributed by atoms with Crippen molar-refractivity contribution in [2.45, 2.75) is 13.5 Å². The second kappa shape index (κ2) is 12.3. The van der Waals surface area contributed by atoms with Crippen LogP contribution in [-0.4, -0.2) is 40.4 Å². The van der Waals surface area contributed by atoms with Crippen molar-refractivity contribution in [1.82, 2.24) is 10.6 Å². The molecule has 2 aromatic carbocycles. The highest BCUT2D eigenvalue weighted by Gasteiger charge is 2.05. The molecule has 0 unspecified atom stereocenters.